The van der Waals surface area contributed by atoms with Gasteiger partial charge in [-0.05, 0) is 42.0 Å². The zero-order valence-corrected chi connectivity index (χ0v) is 13.2. The number of benzene rings is 1. The lowest BCUT2D eigenvalue weighted by atomic mass is 9.82. The molecule has 0 fully saturated rings. The van der Waals surface area contributed by atoms with E-state index in [4.69, 9.17) is 0 Å². The van der Waals surface area contributed by atoms with Crippen molar-refractivity contribution in [3.05, 3.63) is 33.8 Å². The summed E-state index contributed by atoms with van der Waals surface area (Å²) in [6.45, 7) is 13.3. The minimum atomic E-state index is 0.378. The lowest BCUT2D eigenvalue weighted by molar-refractivity contribution is 0.252. The molecule has 0 aliphatic rings. The van der Waals surface area contributed by atoms with Crippen LogP contribution in [0.3, 0.4) is 0 Å². The van der Waals surface area contributed by atoms with Crippen molar-refractivity contribution < 1.29 is 0 Å². The van der Waals surface area contributed by atoms with E-state index in [1.807, 2.05) is 0 Å². The van der Waals surface area contributed by atoms with Crippen molar-refractivity contribution in [3.8, 4) is 0 Å². The van der Waals surface area contributed by atoms with Crippen LogP contribution in [0.2, 0.25) is 0 Å². The highest BCUT2D eigenvalue weighted by atomic mass is 79.9. The Kier molecular flexibility index (Phi) is 5.21. The zero-order valence-electron chi connectivity index (χ0n) is 11.6. The Hall–Kier alpha value is -0.340. The van der Waals surface area contributed by atoms with Crippen LogP contribution in [0, 0.1) is 18.3 Å². The molecule has 1 nitrogen and oxygen atoms in total. The second kappa shape index (κ2) is 6.01. The topological polar surface area (TPSA) is 12.0 Å². The molecule has 0 bridgehead atoms. The number of rotatable bonds is 4. The fourth-order valence-corrected chi connectivity index (χ4v) is 1.80. The lowest BCUT2D eigenvalue weighted by Crippen LogP contribution is -2.29. The number of nitrogens with one attached hydrogen (secondary N) is 1. The summed E-state index contributed by atoms with van der Waals surface area (Å²) >= 11 is 3.53. The van der Waals surface area contributed by atoms with Crippen molar-refractivity contribution in [1.82, 2.24) is 5.32 Å². The third kappa shape index (κ3) is 4.81. The first-order chi connectivity index (χ1) is 7.80. The van der Waals surface area contributed by atoms with E-state index in [1.165, 1.54) is 15.6 Å². The van der Waals surface area contributed by atoms with Crippen molar-refractivity contribution >= 4 is 15.9 Å². The second-order valence-electron chi connectivity index (χ2n) is 5.98. The van der Waals surface area contributed by atoms with Gasteiger partial charge in [0.1, 0.15) is 0 Å². The van der Waals surface area contributed by atoms with Gasteiger partial charge in [-0.15, -0.1) is 0 Å². The molecule has 2 heteroatoms. The fraction of sp³-hybridized carbons (Fsp3) is 0.600. The standard InChI is InChI=1S/C15H24BrN/c1-11-8-13(6-7-14(11)16)10-17-9-12(2)15(3,4)5/h6-8,12,17H,9-10H2,1-5H3. The van der Waals surface area contributed by atoms with Crippen LogP contribution in [-0.4, -0.2) is 6.54 Å². The second-order valence-corrected chi connectivity index (χ2v) is 6.84. The highest BCUT2D eigenvalue weighted by Gasteiger charge is 2.18. The van der Waals surface area contributed by atoms with Crippen molar-refractivity contribution in [1.29, 1.82) is 0 Å². The van der Waals surface area contributed by atoms with Gasteiger partial charge >= 0.3 is 0 Å². The molecule has 0 radical (unpaired) electrons. The van der Waals surface area contributed by atoms with Crippen LogP contribution >= 0.6 is 15.9 Å². The van der Waals surface area contributed by atoms with Gasteiger partial charge in [-0.1, -0.05) is 55.8 Å². The number of halogens is 1. The molecule has 0 aliphatic heterocycles. The molecule has 0 aliphatic carbocycles. The van der Waals surface area contributed by atoms with Gasteiger partial charge in [0, 0.05) is 11.0 Å². The van der Waals surface area contributed by atoms with Crippen LogP contribution in [0.5, 0.6) is 0 Å². The van der Waals surface area contributed by atoms with Gasteiger partial charge in [-0.3, -0.25) is 0 Å². The minimum Gasteiger partial charge on any atom is -0.312 e. The average molecular weight is 298 g/mol. The van der Waals surface area contributed by atoms with E-state index in [9.17, 15) is 0 Å². The van der Waals surface area contributed by atoms with E-state index < -0.39 is 0 Å². The molecule has 0 amide bonds. The van der Waals surface area contributed by atoms with Crippen LogP contribution in [-0.2, 0) is 6.54 Å². The summed E-state index contributed by atoms with van der Waals surface area (Å²) in [5.74, 6) is 0.680. The molecule has 0 saturated carbocycles. The van der Waals surface area contributed by atoms with Gasteiger partial charge in [-0.25, -0.2) is 0 Å². The van der Waals surface area contributed by atoms with Gasteiger partial charge in [0.15, 0.2) is 0 Å². The molecule has 96 valence electrons. The minimum absolute atomic E-state index is 0.378. The molecule has 17 heavy (non-hydrogen) atoms. The molecule has 0 aromatic heterocycles. The van der Waals surface area contributed by atoms with Gasteiger partial charge in [0.2, 0.25) is 0 Å². The molecule has 1 N–H and O–H groups in total. The Morgan fingerprint density at radius 1 is 1.29 bits per heavy atom. The van der Waals surface area contributed by atoms with E-state index in [1.54, 1.807) is 0 Å². The first-order valence-electron chi connectivity index (χ1n) is 6.26. The van der Waals surface area contributed by atoms with Crippen molar-refractivity contribution in [2.75, 3.05) is 6.54 Å². The predicted octanol–water partition coefficient (Wildman–Crippen LogP) is 4.53. The SMILES string of the molecule is Cc1cc(CNCC(C)C(C)(C)C)ccc1Br. The van der Waals surface area contributed by atoms with Crippen LogP contribution < -0.4 is 5.32 Å². The number of hydrogen-bond acceptors (Lipinski definition) is 1. The summed E-state index contributed by atoms with van der Waals surface area (Å²) in [6, 6.07) is 6.53. The van der Waals surface area contributed by atoms with E-state index in [0.29, 0.717) is 11.3 Å². The molecular weight excluding hydrogens is 274 g/mol. The van der Waals surface area contributed by atoms with Crippen molar-refractivity contribution in [3.63, 3.8) is 0 Å². The Morgan fingerprint density at radius 2 is 1.94 bits per heavy atom. The fourth-order valence-electron chi connectivity index (χ4n) is 1.56. The van der Waals surface area contributed by atoms with Gasteiger partial charge in [0.25, 0.3) is 0 Å². The quantitative estimate of drug-likeness (QED) is 0.861. The predicted molar refractivity (Wildman–Crippen MR) is 79.2 cm³/mol. The van der Waals surface area contributed by atoms with Crippen LogP contribution in [0.1, 0.15) is 38.8 Å². The van der Waals surface area contributed by atoms with Crippen LogP contribution in [0.15, 0.2) is 22.7 Å². The Bertz CT molecular complexity index is 366. The molecule has 1 aromatic carbocycles. The maximum absolute atomic E-state index is 3.54. The summed E-state index contributed by atoms with van der Waals surface area (Å²) in [5, 5.41) is 3.54. The van der Waals surface area contributed by atoms with Crippen molar-refractivity contribution in [2.45, 2.75) is 41.2 Å². The monoisotopic (exact) mass is 297 g/mol. The number of hydrogen-bond donors (Lipinski definition) is 1. The highest BCUT2D eigenvalue weighted by molar-refractivity contribution is 9.10. The smallest absolute Gasteiger partial charge is 0.0205 e. The molecule has 1 atom stereocenters. The molecule has 0 heterocycles. The van der Waals surface area contributed by atoms with E-state index >= 15 is 0 Å². The summed E-state index contributed by atoms with van der Waals surface area (Å²) in [5.41, 5.74) is 3.03. The Balaban J connectivity index is 2.44. The third-order valence-electron chi connectivity index (χ3n) is 3.48. The van der Waals surface area contributed by atoms with Crippen molar-refractivity contribution in [2.24, 2.45) is 11.3 Å². The third-order valence-corrected chi connectivity index (χ3v) is 4.37. The molecule has 1 aromatic rings. The maximum Gasteiger partial charge on any atom is 0.0205 e. The molecular formula is C15H24BrN. The van der Waals surface area contributed by atoms with Gasteiger partial charge in [-0.2, -0.15) is 0 Å². The number of aryl methyl sites for hydroxylation is 1. The van der Waals surface area contributed by atoms with Gasteiger partial charge in [0.05, 0.1) is 0 Å². The lowest BCUT2D eigenvalue weighted by Gasteiger charge is -2.27. The average Bonchev–Trinajstić information content (AvgIpc) is 2.22. The van der Waals surface area contributed by atoms with E-state index in [0.717, 1.165) is 13.1 Å². The highest BCUT2D eigenvalue weighted by Crippen LogP contribution is 2.24. The summed E-state index contributed by atoms with van der Waals surface area (Å²) < 4.78 is 1.18. The normalized spacial score (nSPS) is 13.8. The zero-order chi connectivity index (χ0) is 13.1. The Labute approximate surface area is 114 Å². The molecule has 0 saturated heterocycles. The Morgan fingerprint density at radius 3 is 2.47 bits per heavy atom. The van der Waals surface area contributed by atoms with Crippen LogP contribution in [0.25, 0.3) is 0 Å². The summed E-state index contributed by atoms with van der Waals surface area (Å²) in [6.07, 6.45) is 0. The first-order valence-corrected chi connectivity index (χ1v) is 7.05. The maximum atomic E-state index is 3.54. The largest absolute Gasteiger partial charge is 0.312 e. The summed E-state index contributed by atoms with van der Waals surface area (Å²) in [7, 11) is 0. The summed E-state index contributed by atoms with van der Waals surface area (Å²) in [4.78, 5) is 0. The van der Waals surface area contributed by atoms with Gasteiger partial charge < -0.3 is 5.32 Å². The van der Waals surface area contributed by atoms with E-state index in [2.05, 4.69) is 74.1 Å². The first kappa shape index (κ1) is 14.7. The molecule has 1 rings (SSSR count). The molecule has 0 spiro atoms. The van der Waals surface area contributed by atoms with Crippen LogP contribution in [0.4, 0.5) is 0 Å². The van der Waals surface area contributed by atoms with E-state index in [-0.39, 0.29) is 0 Å². The molecule has 1 unspecified atom stereocenters.